The zero-order valence-electron chi connectivity index (χ0n) is 17.3. The van der Waals surface area contributed by atoms with Crippen molar-refractivity contribution in [3.8, 4) is 6.07 Å². The number of anilines is 1. The minimum atomic E-state index is -1.23. The Kier molecular flexibility index (Phi) is 3.65. The maximum atomic E-state index is 14.0. The Morgan fingerprint density at radius 3 is 2.03 bits per heavy atom. The predicted molar refractivity (Wildman–Crippen MR) is 117 cm³/mol. The normalized spacial score (nSPS) is 26.9. The molecular formula is C27H18N2O3. The number of Topliss-reactive ketones (excluding diaryl/α,β-unsaturated/α-hetero) is 1. The van der Waals surface area contributed by atoms with E-state index in [1.165, 1.54) is 6.92 Å². The van der Waals surface area contributed by atoms with E-state index in [9.17, 15) is 19.6 Å². The molecule has 1 saturated heterocycles. The van der Waals surface area contributed by atoms with Gasteiger partial charge in [-0.15, -0.1) is 0 Å². The Labute approximate surface area is 184 Å². The predicted octanol–water partition coefficient (Wildman–Crippen LogP) is 3.70. The molecule has 2 atom stereocenters. The van der Waals surface area contributed by atoms with Gasteiger partial charge < -0.3 is 0 Å². The topological polar surface area (TPSA) is 78.2 Å². The molecule has 1 fully saturated rings. The Hall–Kier alpha value is -4.04. The number of nitriles is 1. The minimum absolute atomic E-state index is 0.151. The highest BCUT2D eigenvalue weighted by atomic mass is 16.2. The summed E-state index contributed by atoms with van der Waals surface area (Å²) in [6.07, 6.45) is 0. The molecule has 3 aromatic carbocycles. The lowest BCUT2D eigenvalue weighted by Crippen LogP contribution is -2.57. The van der Waals surface area contributed by atoms with E-state index >= 15 is 0 Å². The van der Waals surface area contributed by atoms with Gasteiger partial charge in [0, 0.05) is 5.92 Å². The highest BCUT2D eigenvalue weighted by molar-refractivity contribution is 6.26. The standard InChI is InChI=1S/C27H18N2O3/c1-15(30)27-19-11-5-3-9-17(19)22(18-10-4-6-12-20(18)27)23-24(27)26(32)29(25(23)31)21-13-7-2-8-16(21)14-28/h2-13,22-24H,1H3/t22?,23-,24+,27?/m1/s1. The van der Waals surface area contributed by atoms with Crippen molar-refractivity contribution in [1.29, 1.82) is 5.26 Å². The molecule has 5 heteroatoms. The molecule has 3 aliphatic carbocycles. The van der Waals surface area contributed by atoms with Crippen LogP contribution in [0.4, 0.5) is 5.69 Å². The average molecular weight is 418 g/mol. The fourth-order valence-corrected chi connectivity index (χ4v) is 6.37. The van der Waals surface area contributed by atoms with E-state index in [2.05, 4.69) is 6.07 Å². The lowest BCUT2D eigenvalue weighted by molar-refractivity contribution is -0.132. The summed E-state index contributed by atoms with van der Waals surface area (Å²) in [4.78, 5) is 42.5. The molecule has 0 aromatic heterocycles. The van der Waals surface area contributed by atoms with Crippen molar-refractivity contribution in [2.45, 2.75) is 18.3 Å². The van der Waals surface area contributed by atoms with Gasteiger partial charge in [-0.2, -0.15) is 5.26 Å². The van der Waals surface area contributed by atoms with Crippen molar-refractivity contribution in [3.05, 3.63) is 101 Å². The first-order valence-electron chi connectivity index (χ1n) is 10.6. The molecule has 0 N–H and O–H groups in total. The fraction of sp³-hybridized carbons (Fsp3) is 0.185. The molecule has 2 amide bonds. The number of imide groups is 1. The smallest absolute Gasteiger partial charge is 0.239 e. The second kappa shape index (κ2) is 6.24. The second-order valence-electron chi connectivity index (χ2n) is 8.66. The summed E-state index contributed by atoms with van der Waals surface area (Å²) >= 11 is 0. The number of nitrogens with zero attached hydrogens (tertiary/aromatic N) is 2. The molecule has 1 aliphatic heterocycles. The Morgan fingerprint density at radius 1 is 0.875 bits per heavy atom. The van der Waals surface area contributed by atoms with Crippen LogP contribution in [0.1, 0.15) is 40.7 Å². The molecule has 4 aliphatic rings. The SMILES string of the molecule is CC(=O)C12c3ccccc3C(c3ccccc31)[C@H]1C(=O)N(c3ccccc3C#N)C(=O)[C@H]12. The van der Waals surface area contributed by atoms with E-state index in [4.69, 9.17) is 0 Å². The summed E-state index contributed by atoms with van der Waals surface area (Å²) in [5, 5.41) is 9.60. The van der Waals surface area contributed by atoms with Crippen molar-refractivity contribution < 1.29 is 14.4 Å². The van der Waals surface area contributed by atoms with Gasteiger partial charge in [0.05, 0.1) is 28.5 Å². The Balaban J connectivity index is 1.69. The molecule has 154 valence electrons. The molecule has 7 rings (SSSR count). The van der Waals surface area contributed by atoms with Crippen LogP contribution in [-0.4, -0.2) is 17.6 Å². The Bertz CT molecular complexity index is 1350. The van der Waals surface area contributed by atoms with Gasteiger partial charge in [-0.25, -0.2) is 4.90 Å². The Morgan fingerprint density at radius 2 is 1.44 bits per heavy atom. The summed E-state index contributed by atoms with van der Waals surface area (Å²) < 4.78 is 0. The highest BCUT2D eigenvalue weighted by Crippen LogP contribution is 2.64. The van der Waals surface area contributed by atoms with Crippen molar-refractivity contribution in [1.82, 2.24) is 0 Å². The van der Waals surface area contributed by atoms with Gasteiger partial charge in [-0.05, 0) is 41.3 Å². The van der Waals surface area contributed by atoms with Gasteiger partial charge in [-0.3, -0.25) is 14.4 Å². The summed E-state index contributed by atoms with van der Waals surface area (Å²) in [7, 11) is 0. The van der Waals surface area contributed by atoms with Crippen LogP contribution in [0, 0.1) is 23.2 Å². The van der Waals surface area contributed by atoms with Crippen molar-refractivity contribution >= 4 is 23.3 Å². The monoisotopic (exact) mass is 418 g/mol. The van der Waals surface area contributed by atoms with Crippen molar-refractivity contribution in [2.24, 2.45) is 11.8 Å². The molecule has 0 unspecified atom stereocenters. The van der Waals surface area contributed by atoms with Gasteiger partial charge in [0.2, 0.25) is 11.8 Å². The van der Waals surface area contributed by atoms with E-state index in [-0.39, 0.29) is 28.9 Å². The fourth-order valence-electron chi connectivity index (χ4n) is 6.37. The summed E-state index contributed by atoms with van der Waals surface area (Å²) in [5.74, 6) is -2.75. The first-order valence-corrected chi connectivity index (χ1v) is 10.6. The van der Waals surface area contributed by atoms with Gasteiger partial charge in [0.25, 0.3) is 0 Å². The van der Waals surface area contributed by atoms with Gasteiger partial charge >= 0.3 is 0 Å². The van der Waals surface area contributed by atoms with Crippen LogP contribution in [0.15, 0.2) is 72.8 Å². The first kappa shape index (κ1) is 18.7. The first-order chi connectivity index (χ1) is 15.5. The minimum Gasteiger partial charge on any atom is -0.299 e. The summed E-state index contributed by atoms with van der Waals surface area (Å²) in [6, 6.07) is 24.1. The van der Waals surface area contributed by atoms with E-state index < -0.39 is 23.2 Å². The van der Waals surface area contributed by atoms with Crippen LogP contribution < -0.4 is 4.90 Å². The molecule has 32 heavy (non-hydrogen) atoms. The number of amides is 2. The van der Waals surface area contributed by atoms with Crippen molar-refractivity contribution in [2.75, 3.05) is 4.90 Å². The quantitative estimate of drug-likeness (QED) is 0.595. The number of ketones is 1. The number of para-hydroxylation sites is 1. The average Bonchev–Trinajstić information content (AvgIpc) is 3.09. The number of benzene rings is 3. The molecule has 0 spiro atoms. The third-order valence-corrected chi connectivity index (χ3v) is 7.44. The molecule has 1 heterocycles. The van der Waals surface area contributed by atoms with Crippen LogP contribution >= 0.6 is 0 Å². The maximum absolute atomic E-state index is 14.0. The van der Waals surface area contributed by atoms with E-state index in [1.807, 2.05) is 48.5 Å². The van der Waals surface area contributed by atoms with Crippen molar-refractivity contribution in [3.63, 3.8) is 0 Å². The van der Waals surface area contributed by atoms with Gasteiger partial charge in [-0.1, -0.05) is 60.7 Å². The van der Waals surface area contributed by atoms with Crippen LogP contribution in [0.25, 0.3) is 0 Å². The van der Waals surface area contributed by atoms with E-state index in [0.29, 0.717) is 0 Å². The summed E-state index contributed by atoms with van der Waals surface area (Å²) in [6.45, 7) is 1.51. The maximum Gasteiger partial charge on any atom is 0.239 e. The zero-order valence-corrected chi connectivity index (χ0v) is 17.3. The van der Waals surface area contributed by atoms with Crippen LogP contribution in [0.3, 0.4) is 0 Å². The molecule has 0 radical (unpaired) electrons. The lowest BCUT2D eigenvalue weighted by Gasteiger charge is -2.52. The largest absolute Gasteiger partial charge is 0.299 e. The lowest BCUT2D eigenvalue weighted by atomic mass is 9.46. The number of rotatable bonds is 2. The zero-order chi connectivity index (χ0) is 22.2. The number of hydrogen-bond acceptors (Lipinski definition) is 4. The van der Waals surface area contributed by atoms with Gasteiger partial charge in [0.15, 0.2) is 0 Å². The number of hydrogen-bond donors (Lipinski definition) is 0. The van der Waals surface area contributed by atoms with Gasteiger partial charge in [0.1, 0.15) is 11.9 Å². The van der Waals surface area contributed by atoms with Crippen LogP contribution in [0.5, 0.6) is 0 Å². The van der Waals surface area contributed by atoms with Crippen LogP contribution in [-0.2, 0) is 19.8 Å². The summed E-state index contributed by atoms with van der Waals surface area (Å²) in [5.41, 5.74) is 2.80. The van der Waals surface area contributed by atoms with E-state index in [0.717, 1.165) is 27.2 Å². The third kappa shape index (κ3) is 1.95. The van der Waals surface area contributed by atoms with Crippen LogP contribution in [0.2, 0.25) is 0 Å². The molecule has 3 aromatic rings. The highest BCUT2D eigenvalue weighted by Gasteiger charge is 2.70. The molecule has 5 nitrogen and oxygen atoms in total. The molecule has 2 bridgehead atoms. The number of carbonyl (C=O) groups excluding carboxylic acids is 3. The van der Waals surface area contributed by atoms with E-state index in [1.54, 1.807) is 24.3 Å². The molecular weight excluding hydrogens is 400 g/mol. The molecule has 0 saturated carbocycles. The number of carbonyl (C=O) groups is 3. The third-order valence-electron chi connectivity index (χ3n) is 7.44. The second-order valence-corrected chi connectivity index (χ2v) is 8.66.